The van der Waals surface area contributed by atoms with E-state index in [1.165, 1.54) is 30.5 Å². The van der Waals surface area contributed by atoms with E-state index in [4.69, 9.17) is 9.47 Å². The molecular formula is C26H29F3O4. The van der Waals surface area contributed by atoms with Crippen LogP contribution in [0.3, 0.4) is 0 Å². The van der Waals surface area contributed by atoms with Crippen LogP contribution in [0.15, 0.2) is 61.6 Å². The lowest BCUT2D eigenvalue weighted by Crippen LogP contribution is -2.16. The molecule has 0 amide bonds. The number of rotatable bonds is 8. The fourth-order valence-corrected chi connectivity index (χ4v) is 3.23. The number of carbonyl (C=O) groups excluding carboxylic acids is 1. The van der Waals surface area contributed by atoms with Gasteiger partial charge in [-0.05, 0) is 54.7 Å². The molecule has 7 heteroatoms. The maximum atomic E-state index is 12.4. The summed E-state index contributed by atoms with van der Waals surface area (Å²) >= 11 is 0. The van der Waals surface area contributed by atoms with Crippen molar-refractivity contribution < 1.29 is 32.2 Å². The second-order valence-electron chi connectivity index (χ2n) is 6.66. The zero-order valence-electron chi connectivity index (χ0n) is 19.5. The number of hydrogen-bond acceptors (Lipinski definition) is 4. The molecule has 0 saturated heterocycles. The lowest BCUT2D eigenvalue weighted by Gasteiger charge is -2.24. The SMILES string of the molecule is C=C=COc1c(C)c(-c2ccc(OC(F)(F)F)cc2)cc(C)c1C(CC)OC(=O)C=C.CC. The molecule has 0 N–H and O–H groups in total. The Kier molecular flexibility index (Phi) is 10.5. The first-order chi connectivity index (χ1) is 15.6. The largest absolute Gasteiger partial charge is 0.573 e. The van der Waals surface area contributed by atoms with Gasteiger partial charge < -0.3 is 14.2 Å². The first-order valence-electron chi connectivity index (χ1n) is 10.5. The Morgan fingerprint density at radius 3 is 2.27 bits per heavy atom. The van der Waals surface area contributed by atoms with Crippen LogP contribution in [0.25, 0.3) is 11.1 Å². The topological polar surface area (TPSA) is 44.8 Å². The van der Waals surface area contributed by atoms with Crippen LogP contribution in [0.4, 0.5) is 13.2 Å². The van der Waals surface area contributed by atoms with Gasteiger partial charge in [0.05, 0.1) is 0 Å². The first-order valence-corrected chi connectivity index (χ1v) is 10.5. The minimum atomic E-state index is -4.76. The van der Waals surface area contributed by atoms with Gasteiger partial charge in [-0.15, -0.1) is 13.2 Å². The summed E-state index contributed by atoms with van der Waals surface area (Å²) in [6, 6.07) is 7.43. The zero-order valence-corrected chi connectivity index (χ0v) is 19.5. The van der Waals surface area contributed by atoms with Crippen molar-refractivity contribution in [3.05, 3.63) is 78.2 Å². The number of aryl methyl sites for hydroxylation is 1. The fourth-order valence-electron chi connectivity index (χ4n) is 3.23. The van der Waals surface area contributed by atoms with Crippen LogP contribution in [-0.2, 0) is 9.53 Å². The van der Waals surface area contributed by atoms with Crippen LogP contribution in [0.1, 0.15) is 50.0 Å². The van der Waals surface area contributed by atoms with Crippen LogP contribution in [0.5, 0.6) is 11.5 Å². The number of carbonyl (C=O) groups is 1. The smallest absolute Gasteiger partial charge is 0.456 e. The molecule has 0 aliphatic heterocycles. The Morgan fingerprint density at radius 1 is 1.18 bits per heavy atom. The summed E-state index contributed by atoms with van der Waals surface area (Å²) in [7, 11) is 0. The van der Waals surface area contributed by atoms with Gasteiger partial charge in [-0.25, -0.2) is 4.79 Å². The van der Waals surface area contributed by atoms with E-state index in [1.807, 2.05) is 40.7 Å². The molecule has 0 spiro atoms. The van der Waals surface area contributed by atoms with Crippen LogP contribution in [-0.4, -0.2) is 12.3 Å². The summed E-state index contributed by atoms with van der Waals surface area (Å²) in [4.78, 5) is 11.8. The van der Waals surface area contributed by atoms with E-state index in [9.17, 15) is 18.0 Å². The molecule has 0 bridgehead atoms. The van der Waals surface area contributed by atoms with Gasteiger partial charge in [0.25, 0.3) is 0 Å². The number of alkyl halides is 3. The Balaban J connectivity index is 0.00000265. The Labute approximate surface area is 193 Å². The molecule has 2 rings (SSSR count). The second-order valence-corrected chi connectivity index (χ2v) is 6.66. The van der Waals surface area contributed by atoms with Gasteiger partial charge in [0, 0.05) is 11.6 Å². The highest BCUT2D eigenvalue weighted by Crippen LogP contribution is 2.41. The molecular weight excluding hydrogens is 433 g/mol. The minimum absolute atomic E-state index is 0.310. The molecule has 1 unspecified atom stereocenters. The van der Waals surface area contributed by atoms with Gasteiger partial charge in [-0.1, -0.05) is 57.9 Å². The molecule has 0 heterocycles. The summed E-state index contributed by atoms with van der Waals surface area (Å²) < 4.78 is 52.5. The third-order valence-electron chi connectivity index (χ3n) is 4.55. The monoisotopic (exact) mass is 462 g/mol. The van der Waals surface area contributed by atoms with Crippen molar-refractivity contribution in [3.63, 3.8) is 0 Å². The van der Waals surface area contributed by atoms with Crippen LogP contribution < -0.4 is 9.47 Å². The maximum Gasteiger partial charge on any atom is 0.573 e. The highest BCUT2D eigenvalue weighted by atomic mass is 19.4. The lowest BCUT2D eigenvalue weighted by atomic mass is 9.90. The first kappa shape index (κ1) is 27.6. The van der Waals surface area contributed by atoms with Gasteiger partial charge in [-0.2, -0.15) is 0 Å². The van der Waals surface area contributed by atoms with E-state index in [2.05, 4.69) is 23.6 Å². The van der Waals surface area contributed by atoms with Gasteiger partial charge in [0.15, 0.2) is 0 Å². The molecule has 0 aliphatic rings. The third-order valence-corrected chi connectivity index (χ3v) is 4.55. The van der Waals surface area contributed by atoms with Crippen molar-refractivity contribution in [1.29, 1.82) is 0 Å². The summed E-state index contributed by atoms with van der Waals surface area (Å²) in [5.74, 6) is -0.403. The van der Waals surface area contributed by atoms with E-state index in [-0.39, 0.29) is 5.75 Å². The second kappa shape index (κ2) is 12.6. The lowest BCUT2D eigenvalue weighted by molar-refractivity contribution is -0.274. The average molecular weight is 463 g/mol. The van der Waals surface area contributed by atoms with Gasteiger partial charge in [0.1, 0.15) is 23.9 Å². The van der Waals surface area contributed by atoms with Crippen molar-refractivity contribution in [3.8, 4) is 22.6 Å². The van der Waals surface area contributed by atoms with E-state index in [0.717, 1.165) is 17.2 Å². The van der Waals surface area contributed by atoms with Crippen molar-refractivity contribution in [1.82, 2.24) is 0 Å². The van der Waals surface area contributed by atoms with E-state index < -0.39 is 18.4 Å². The minimum Gasteiger partial charge on any atom is -0.456 e. The highest BCUT2D eigenvalue weighted by molar-refractivity contribution is 5.81. The van der Waals surface area contributed by atoms with Gasteiger partial charge in [-0.3, -0.25) is 0 Å². The Hall–Kier alpha value is -3.44. The highest BCUT2D eigenvalue weighted by Gasteiger charge is 2.31. The van der Waals surface area contributed by atoms with E-state index in [1.54, 1.807) is 0 Å². The summed E-state index contributed by atoms with van der Waals surface area (Å²) in [5.41, 5.74) is 6.14. The summed E-state index contributed by atoms with van der Waals surface area (Å²) in [6.07, 6.45) is -2.46. The third kappa shape index (κ3) is 7.58. The molecule has 178 valence electrons. The number of halogens is 3. The molecule has 0 aromatic heterocycles. The molecule has 0 radical (unpaired) electrons. The molecule has 33 heavy (non-hydrogen) atoms. The number of benzene rings is 2. The number of hydrogen-bond donors (Lipinski definition) is 0. The molecule has 2 aromatic carbocycles. The normalized spacial score (nSPS) is 11.3. The van der Waals surface area contributed by atoms with Crippen molar-refractivity contribution in [2.45, 2.75) is 53.5 Å². The fraction of sp³-hybridized carbons (Fsp3) is 0.308. The average Bonchev–Trinajstić information content (AvgIpc) is 2.78. The zero-order chi connectivity index (χ0) is 25.2. The summed E-state index contributed by atoms with van der Waals surface area (Å²) in [5, 5.41) is 0. The maximum absolute atomic E-state index is 12.4. The number of ether oxygens (including phenoxy) is 3. The van der Waals surface area contributed by atoms with Crippen molar-refractivity contribution in [2.24, 2.45) is 0 Å². The predicted octanol–water partition coefficient (Wildman–Crippen LogP) is 7.75. The van der Waals surface area contributed by atoms with Crippen LogP contribution >= 0.6 is 0 Å². The van der Waals surface area contributed by atoms with E-state index >= 15 is 0 Å². The van der Waals surface area contributed by atoms with Crippen LogP contribution in [0.2, 0.25) is 0 Å². The quantitative estimate of drug-likeness (QED) is 0.174. The van der Waals surface area contributed by atoms with Crippen LogP contribution in [0, 0.1) is 13.8 Å². The number of esters is 1. The van der Waals surface area contributed by atoms with Crippen molar-refractivity contribution >= 4 is 5.97 Å². The Bertz CT molecular complexity index is 1000. The molecule has 1 atom stereocenters. The molecule has 4 nitrogen and oxygen atoms in total. The molecule has 0 aliphatic carbocycles. The van der Waals surface area contributed by atoms with Crippen molar-refractivity contribution in [2.75, 3.05) is 0 Å². The van der Waals surface area contributed by atoms with Gasteiger partial charge >= 0.3 is 12.3 Å². The molecule has 2 aromatic rings. The van der Waals surface area contributed by atoms with Gasteiger partial charge in [0.2, 0.25) is 0 Å². The Morgan fingerprint density at radius 2 is 1.79 bits per heavy atom. The molecule has 0 fully saturated rings. The summed E-state index contributed by atoms with van der Waals surface area (Å²) in [6.45, 7) is 16.4. The standard InChI is InChI=1S/C24H23F3O4.C2H6/c1-6-13-29-23-16(5)19(17-9-11-18(12-10-17)31-24(25,26)27)14-15(4)22(23)20(7-2)30-21(28)8-3;1-2/h8-14,20H,1,3,7H2,2,4-5H3;1-2H3. The predicted molar refractivity (Wildman–Crippen MR) is 123 cm³/mol. The molecule has 0 saturated carbocycles. The van der Waals surface area contributed by atoms with E-state index in [0.29, 0.717) is 28.9 Å².